The Balaban J connectivity index is 5.53. The number of ether oxygens (including phenoxy) is 1. The molecule has 21 heavy (non-hydrogen) atoms. The van der Waals surface area contributed by atoms with Gasteiger partial charge in [-0.15, -0.1) is 0 Å². The van der Waals surface area contributed by atoms with E-state index in [2.05, 4.69) is 6.92 Å². The topological polar surface area (TPSA) is 66.4 Å². The maximum absolute atomic E-state index is 9.84. The molecule has 0 heterocycles. The van der Waals surface area contributed by atoms with E-state index in [1.54, 1.807) is 0 Å². The third-order valence-electron chi connectivity index (χ3n) is 2.88. The van der Waals surface area contributed by atoms with Crippen LogP contribution in [0.1, 0.15) is 47.5 Å². The molecule has 0 saturated heterocycles. The predicted octanol–water partition coefficient (Wildman–Crippen LogP) is 1.97. The zero-order valence-electron chi connectivity index (χ0n) is 14.2. The van der Waals surface area contributed by atoms with Crippen LogP contribution < -0.4 is 0 Å². The van der Waals surface area contributed by atoms with Crippen molar-refractivity contribution in [3.05, 3.63) is 0 Å². The third-order valence-corrected chi connectivity index (χ3v) is 14.7. The molecule has 0 aromatic rings. The van der Waals surface area contributed by atoms with E-state index >= 15 is 0 Å². The van der Waals surface area contributed by atoms with Crippen LogP contribution in [0, 0.1) is 0 Å². The summed E-state index contributed by atoms with van der Waals surface area (Å²) in [5.74, 6) is 0. The number of hydrogen-bond acceptors (Lipinski definition) is 6. The van der Waals surface area contributed by atoms with E-state index in [1.807, 2.05) is 27.7 Å². The fourth-order valence-corrected chi connectivity index (χ4v) is 12.4. The summed E-state index contributed by atoms with van der Waals surface area (Å²) in [6.45, 7) is 11.3. The predicted molar refractivity (Wildman–Crippen MR) is 85.4 cm³/mol. The van der Waals surface area contributed by atoms with E-state index in [1.165, 1.54) is 0 Å². The Kier molecular flexibility index (Phi) is 11.4. The summed E-state index contributed by atoms with van der Waals surface area (Å²) in [6.07, 6.45) is 1.91. The fourth-order valence-electron chi connectivity index (χ4n) is 2.16. The van der Waals surface area contributed by atoms with Crippen LogP contribution in [0.15, 0.2) is 0 Å². The minimum absolute atomic E-state index is 0.245. The van der Waals surface area contributed by atoms with Gasteiger partial charge in [-0.25, -0.2) is 0 Å². The average molecular weight is 426 g/mol. The number of aliphatic hydroxyl groups is 1. The van der Waals surface area contributed by atoms with Gasteiger partial charge in [-0.3, -0.25) is 0 Å². The molecule has 7 heteroatoms. The quantitative estimate of drug-likeness (QED) is 0.339. The Morgan fingerprint density at radius 1 is 0.810 bits per heavy atom. The van der Waals surface area contributed by atoms with Gasteiger partial charge < -0.3 is 0 Å². The van der Waals surface area contributed by atoms with Crippen LogP contribution in [0.25, 0.3) is 0 Å². The molecule has 0 rings (SSSR count). The van der Waals surface area contributed by atoms with Crippen LogP contribution in [0.5, 0.6) is 0 Å². The summed E-state index contributed by atoms with van der Waals surface area (Å²) in [5, 5.41) is 9.84. The SMILES string of the molecule is CCCCOC(CO)[TeH](OCC)(OCC)(OCC)OCC. The van der Waals surface area contributed by atoms with Crippen LogP contribution in [-0.2, 0) is 17.1 Å². The van der Waals surface area contributed by atoms with Gasteiger partial charge in [0.25, 0.3) is 0 Å². The Labute approximate surface area is 132 Å². The van der Waals surface area contributed by atoms with E-state index in [-0.39, 0.29) is 6.61 Å². The first kappa shape index (κ1) is 21.5. The Bertz CT molecular complexity index is 228. The number of aliphatic hydroxyl groups excluding tert-OH is 1. The summed E-state index contributed by atoms with van der Waals surface area (Å²) >= 11 is -4.95. The Hall–Kier alpha value is 0.550. The molecule has 6 nitrogen and oxygen atoms in total. The summed E-state index contributed by atoms with van der Waals surface area (Å²) < 4.78 is 29.0. The van der Waals surface area contributed by atoms with Crippen LogP contribution in [0.4, 0.5) is 0 Å². The van der Waals surface area contributed by atoms with Crippen molar-refractivity contribution in [1.82, 2.24) is 0 Å². The molecule has 0 aliphatic heterocycles. The molecule has 0 aromatic heterocycles. The van der Waals surface area contributed by atoms with Crippen molar-refractivity contribution in [2.24, 2.45) is 0 Å². The van der Waals surface area contributed by atoms with Gasteiger partial charge in [0.05, 0.1) is 0 Å². The van der Waals surface area contributed by atoms with Gasteiger partial charge in [-0.2, -0.15) is 0 Å². The molecule has 0 fully saturated rings. The monoisotopic (exact) mass is 428 g/mol. The van der Waals surface area contributed by atoms with E-state index in [0.717, 1.165) is 12.8 Å². The zero-order valence-corrected chi connectivity index (χ0v) is 16.7. The molecule has 0 radical (unpaired) electrons. The zero-order chi connectivity index (χ0) is 16.2. The van der Waals surface area contributed by atoms with Crippen molar-refractivity contribution in [2.45, 2.75) is 51.6 Å². The molecular weight excluding hydrogens is 392 g/mol. The summed E-state index contributed by atoms with van der Waals surface area (Å²) in [5.41, 5.74) is 0. The van der Waals surface area contributed by atoms with Crippen molar-refractivity contribution in [1.29, 1.82) is 0 Å². The maximum atomic E-state index is 9.84. The molecule has 0 spiro atoms. The van der Waals surface area contributed by atoms with E-state index in [9.17, 15) is 5.11 Å². The van der Waals surface area contributed by atoms with Gasteiger partial charge in [0.1, 0.15) is 0 Å². The van der Waals surface area contributed by atoms with Crippen LogP contribution >= 0.6 is 0 Å². The third kappa shape index (κ3) is 5.60. The first-order chi connectivity index (χ1) is 10.1. The second-order valence-electron chi connectivity index (χ2n) is 4.40. The minimum atomic E-state index is -4.95. The molecule has 1 unspecified atom stereocenters. The van der Waals surface area contributed by atoms with E-state index in [4.69, 9.17) is 17.1 Å². The Morgan fingerprint density at radius 2 is 1.24 bits per heavy atom. The van der Waals surface area contributed by atoms with Gasteiger partial charge in [-0.1, -0.05) is 0 Å². The van der Waals surface area contributed by atoms with Gasteiger partial charge in [0, 0.05) is 0 Å². The number of hydrogen-bond donors (Lipinski definition) is 1. The standard InChI is InChI=1S/C14H34O6Te/c1-6-11-12-16-14(13-15)21(17-7-2,18-8-3,19-9-4)20-10-5/h14-15,21H,6-13H2,1-5H3. The average Bonchev–Trinajstić information content (AvgIpc) is 2.45. The molecule has 0 bridgehead atoms. The summed E-state index contributed by atoms with van der Waals surface area (Å²) in [7, 11) is 0. The van der Waals surface area contributed by atoms with Gasteiger partial charge in [0.15, 0.2) is 0 Å². The molecule has 0 saturated carbocycles. The van der Waals surface area contributed by atoms with Crippen LogP contribution in [0.2, 0.25) is 0 Å². The van der Waals surface area contributed by atoms with Crippen molar-refractivity contribution < 1.29 is 22.2 Å². The molecule has 1 atom stereocenters. The normalized spacial score (nSPS) is 15.6. The first-order valence-corrected chi connectivity index (χ1v) is 13.6. The van der Waals surface area contributed by atoms with Gasteiger partial charge in [-0.05, 0) is 0 Å². The van der Waals surface area contributed by atoms with Crippen molar-refractivity contribution in [3.8, 4) is 0 Å². The van der Waals surface area contributed by atoms with Crippen molar-refractivity contribution in [2.75, 3.05) is 39.6 Å². The molecule has 0 aliphatic rings. The second kappa shape index (κ2) is 11.1. The van der Waals surface area contributed by atoms with Gasteiger partial charge in [0.2, 0.25) is 0 Å². The van der Waals surface area contributed by atoms with Crippen molar-refractivity contribution >= 4 is 18.5 Å². The van der Waals surface area contributed by atoms with Crippen LogP contribution in [0.3, 0.4) is 0 Å². The van der Waals surface area contributed by atoms with Crippen molar-refractivity contribution in [3.63, 3.8) is 0 Å². The molecule has 1 N–H and O–H groups in total. The molecule has 0 amide bonds. The molecule has 132 valence electrons. The number of unbranched alkanes of at least 4 members (excludes halogenated alkanes) is 1. The molecule has 0 aliphatic carbocycles. The molecule has 0 aromatic carbocycles. The number of rotatable bonds is 14. The fraction of sp³-hybridized carbons (Fsp3) is 1.00. The van der Waals surface area contributed by atoms with E-state index < -0.39 is 22.6 Å². The molecular formula is C14H34O6Te. The second-order valence-corrected chi connectivity index (χ2v) is 14.0. The summed E-state index contributed by atoms with van der Waals surface area (Å²) in [6, 6.07) is 0. The Morgan fingerprint density at radius 3 is 1.52 bits per heavy atom. The first-order valence-electron chi connectivity index (χ1n) is 7.93. The van der Waals surface area contributed by atoms with Crippen LogP contribution in [-0.4, -0.2) is 67.4 Å². The van der Waals surface area contributed by atoms with E-state index in [0.29, 0.717) is 33.0 Å². The summed E-state index contributed by atoms with van der Waals surface area (Å²) in [4.78, 5) is 0. The van der Waals surface area contributed by atoms with Gasteiger partial charge >= 0.3 is 132 Å².